The Morgan fingerprint density at radius 3 is 2.42 bits per heavy atom. The molecule has 3 atom stereocenters. The molecule has 2 aliphatic rings. The number of benzene rings is 2. The van der Waals surface area contributed by atoms with E-state index < -0.39 is 41.8 Å². The summed E-state index contributed by atoms with van der Waals surface area (Å²) in [7, 11) is 1.39. The van der Waals surface area contributed by atoms with Crippen LogP contribution in [-0.2, 0) is 11.0 Å². The van der Waals surface area contributed by atoms with Crippen LogP contribution in [0, 0.1) is 9.49 Å². The molecule has 0 aliphatic heterocycles. The van der Waals surface area contributed by atoms with Crippen molar-refractivity contribution in [3.8, 4) is 11.5 Å². The van der Waals surface area contributed by atoms with Gasteiger partial charge in [0.05, 0.1) is 28.9 Å². The van der Waals surface area contributed by atoms with Gasteiger partial charge in [-0.1, -0.05) is 19.3 Å². The molecule has 4 rings (SSSR count). The summed E-state index contributed by atoms with van der Waals surface area (Å²) >= 11 is 1.96. The zero-order valence-electron chi connectivity index (χ0n) is 24.7. The van der Waals surface area contributed by atoms with E-state index in [1.807, 2.05) is 22.6 Å². The maximum Gasteiger partial charge on any atom is 0.416 e. The molecular weight excluding hydrogens is 708 g/mol. The topological polar surface area (TPSA) is 125 Å². The van der Waals surface area contributed by atoms with E-state index in [0.29, 0.717) is 15.4 Å². The lowest BCUT2D eigenvalue weighted by molar-refractivity contribution is -0.137. The highest BCUT2D eigenvalue weighted by Gasteiger charge is 2.42. The van der Waals surface area contributed by atoms with Crippen LogP contribution in [0.2, 0.25) is 0 Å². The minimum Gasteiger partial charge on any atom is -0.493 e. The van der Waals surface area contributed by atoms with Gasteiger partial charge in [0.2, 0.25) is 5.91 Å². The van der Waals surface area contributed by atoms with E-state index in [2.05, 4.69) is 5.32 Å². The van der Waals surface area contributed by atoms with E-state index in [-0.39, 0.29) is 54.7 Å². The third-order valence-corrected chi connectivity index (χ3v) is 8.96. The fraction of sp³-hybridized carbons (Fsp3) is 0.469. The lowest BCUT2D eigenvalue weighted by Gasteiger charge is -2.42. The molecule has 3 unspecified atom stereocenters. The fourth-order valence-electron chi connectivity index (χ4n) is 5.82. The third kappa shape index (κ3) is 8.55. The number of halogens is 4. The van der Waals surface area contributed by atoms with Crippen molar-refractivity contribution in [2.75, 3.05) is 26.8 Å². The fourth-order valence-corrected chi connectivity index (χ4v) is 6.57. The molecule has 2 amide bonds. The Kier molecular flexibility index (Phi) is 11.9. The predicted octanol–water partition coefficient (Wildman–Crippen LogP) is 4.77. The summed E-state index contributed by atoms with van der Waals surface area (Å²) in [5.74, 6) is -0.563. The van der Waals surface area contributed by atoms with Gasteiger partial charge < -0.3 is 29.9 Å². The molecule has 3 N–H and O–H groups in total. The summed E-state index contributed by atoms with van der Waals surface area (Å²) in [6.07, 6.45) is -0.344. The molecule has 244 valence electrons. The number of rotatable bonds is 11. The van der Waals surface area contributed by atoms with Gasteiger partial charge in [0.15, 0.2) is 11.5 Å². The zero-order valence-corrected chi connectivity index (χ0v) is 26.8. The molecule has 0 saturated heterocycles. The Morgan fingerprint density at radius 2 is 1.82 bits per heavy atom. The van der Waals surface area contributed by atoms with Crippen LogP contribution in [0.5, 0.6) is 11.5 Å². The second kappa shape index (κ2) is 15.4. The number of nitrogens with one attached hydrogen (secondary N) is 1. The molecule has 0 heterocycles. The number of methoxy groups -OCH3 is 1. The Labute approximate surface area is 272 Å². The molecular formula is C32H36F3IN2O7. The number of aliphatic hydroxyl groups excluding tert-OH is 2. The van der Waals surface area contributed by atoms with E-state index in [1.165, 1.54) is 24.2 Å². The molecule has 1 fully saturated rings. The number of nitrogens with zero attached hydrogens (tertiary/aromatic N) is 1. The van der Waals surface area contributed by atoms with Crippen molar-refractivity contribution in [2.24, 2.45) is 5.92 Å². The van der Waals surface area contributed by atoms with Gasteiger partial charge >= 0.3 is 6.18 Å². The Bertz CT molecular complexity index is 1390. The number of aliphatic hydroxyl groups is 2. The van der Waals surface area contributed by atoms with Crippen LogP contribution < -0.4 is 14.8 Å². The summed E-state index contributed by atoms with van der Waals surface area (Å²) in [6, 6.07) is 5.99. The number of ether oxygens (including phenoxy) is 2. The minimum atomic E-state index is -4.57. The number of carbonyl (C=O) groups excluding carboxylic acids is 3. The first-order valence-electron chi connectivity index (χ1n) is 14.7. The third-order valence-electron chi connectivity index (χ3n) is 8.16. The van der Waals surface area contributed by atoms with Crippen molar-refractivity contribution in [3.63, 3.8) is 0 Å². The van der Waals surface area contributed by atoms with Crippen LogP contribution in [0.3, 0.4) is 0 Å². The quantitative estimate of drug-likeness (QED) is 0.224. The SMILES string of the molecule is COc1cc(C=O)cc(I)c1OC1C=C(C(=O)NCCO)CC(N(CC2CCCCC2)C(=O)c2ccc(C(F)(F)F)cc2)C1O. The first-order chi connectivity index (χ1) is 21.5. The van der Waals surface area contributed by atoms with Crippen LogP contribution >= 0.6 is 22.6 Å². The van der Waals surface area contributed by atoms with Crippen molar-refractivity contribution < 1.29 is 47.2 Å². The monoisotopic (exact) mass is 744 g/mol. The van der Waals surface area contributed by atoms with Crippen molar-refractivity contribution >= 4 is 40.7 Å². The van der Waals surface area contributed by atoms with Gasteiger partial charge in [-0.05, 0) is 83.8 Å². The lowest BCUT2D eigenvalue weighted by Crippen LogP contribution is -2.56. The van der Waals surface area contributed by atoms with Gasteiger partial charge in [-0.15, -0.1) is 0 Å². The molecule has 9 nitrogen and oxygen atoms in total. The standard InChI is InChI=1S/C32H36F3IN2O7/c1-44-27-14-20(18-40)13-24(36)29(27)45-26-16-22(30(42)37-11-12-39)15-25(28(26)41)38(17-19-5-3-2-4-6-19)31(43)21-7-9-23(10-8-21)32(33,34)35/h7-10,13-14,16,18-19,25-26,28,39,41H,2-6,11-12,15,17H2,1H3,(H,37,42). The molecule has 1 saturated carbocycles. The molecule has 0 bridgehead atoms. The van der Waals surface area contributed by atoms with Gasteiger partial charge in [-0.3, -0.25) is 14.4 Å². The molecule has 45 heavy (non-hydrogen) atoms. The van der Waals surface area contributed by atoms with Crippen LogP contribution in [0.1, 0.15) is 64.8 Å². The zero-order chi connectivity index (χ0) is 32.7. The van der Waals surface area contributed by atoms with Crippen molar-refractivity contribution in [1.82, 2.24) is 10.2 Å². The smallest absolute Gasteiger partial charge is 0.416 e. The first-order valence-corrected chi connectivity index (χ1v) is 15.8. The number of amides is 2. The predicted molar refractivity (Wildman–Crippen MR) is 167 cm³/mol. The summed E-state index contributed by atoms with van der Waals surface area (Å²) in [4.78, 5) is 40.1. The molecule has 13 heteroatoms. The second-order valence-corrected chi connectivity index (χ2v) is 12.4. The average molecular weight is 745 g/mol. The number of hydrogen-bond acceptors (Lipinski definition) is 7. The number of aldehydes is 1. The van der Waals surface area contributed by atoms with Crippen LogP contribution in [-0.4, -0.2) is 78.3 Å². The number of alkyl halides is 3. The van der Waals surface area contributed by atoms with Crippen LogP contribution in [0.4, 0.5) is 13.2 Å². The van der Waals surface area contributed by atoms with E-state index in [0.717, 1.165) is 56.4 Å². The van der Waals surface area contributed by atoms with Gasteiger partial charge in [0.25, 0.3) is 5.91 Å². The Morgan fingerprint density at radius 1 is 1.13 bits per heavy atom. The van der Waals surface area contributed by atoms with E-state index in [1.54, 1.807) is 6.07 Å². The maximum absolute atomic E-state index is 14.0. The molecule has 2 aliphatic carbocycles. The Hall–Kier alpha value is -3.17. The number of hydrogen-bond donors (Lipinski definition) is 3. The van der Waals surface area contributed by atoms with Crippen molar-refractivity contribution in [2.45, 2.75) is 63.0 Å². The van der Waals surface area contributed by atoms with Gasteiger partial charge in [-0.2, -0.15) is 13.2 Å². The average Bonchev–Trinajstić information content (AvgIpc) is 3.04. The van der Waals surface area contributed by atoms with Crippen LogP contribution in [0.25, 0.3) is 0 Å². The normalized spacial score (nSPS) is 20.6. The summed E-state index contributed by atoms with van der Waals surface area (Å²) < 4.78 is 52.0. The minimum absolute atomic E-state index is 0.0185. The van der Waals surface area contributed by atoms with Gasteiger partial charge in [0, 0.05) is 36.2 Å². The van der Waals surface area contributed by atoms with E-state index >= 15 is 0 Å². The van der Waals surface area contributed by atoms with Gasteiger partial charge in [0.1, 0.15) is 18.5 Å². The summed E-state index contributed by atoms with van der Waals surface area (Å²) in [5.41, 5.74) is -0.328. The van der Waals surface area contributed by atoms with Crippen molar-refractivity contribution in [3.05, 3.63) is 68.3 Å². The lowest BCUT2D eigenvalue weighted by atomic mass is 9.85. The molecule has 0 radical (unpaired) electrons. The molecule has 0 aromatic heterocycles. The first kappa shape index (κ1) is 34.7. The number of carbonyl (C=O) groups is 3. The molecule has 2 aromatic rings. The largest absolute Gasteiger partial charge is 0.493 e. The second-order valence-electron chi connectivity index (χ2n) is 11.2. The highest BCUT2D eigenvalue weighted by molar-refractivity contribution is 14.1. The van der Waals surface area contributed by atoms with Crippen LogP contribution in [0.15, 0.2) is 48.0 Å². The summed E-state index contributed by atoms with van der Waals surface area (Å²) in [6.45, 7) is -0.0948. The highest BCUT2D eigenvalue weighted by atomic mass is 127. The maximum atomic E-state index is 14.0. The Balaban J connectivity index is 1.74. The van der Waals surface area contributed by atoms with E-state index in [9.17, 15) is 37.8 Å². The van der Waals surface area contributed by atoms with Crippen molar-refractivity contribution in [1.29, 1.82) is 0 Å². The van der Waals surface area contributed by atoms with Gasteiger partial charge in [-0.25, -0.2) is 0 Å². The molecule has 2 aromatic carbocycles. The van der Waals surface area contributed by atoms with E-state index in [4.69, 9.17) is 9.47 Å². The highest BCUT2D eigenvalue weighted by Crippen LogP contribution is 2.38. The molecule has 0 spiro atoms. The summed E-state index contributed by atoms with van der Waals surface area (Å²) in [5, 5.41) is 23.6.